The van der Waals surface area contributed by atoms with Crippen LogP contribution in [0.5, 0.6) is 0 Å². The molecule has 2 atom stereocenters. The Hall–Kier alpha value is 1.71. The van der Waals surface area contributed by atoms with Gasteiger partial charge in [-0.15, -0.1) is 0 Å². The van der Waals surface area contributed by atoms with Crippen LogP contribution in [0.25, 0.3) is 0 Å². The second kappa shape index (κ2) is 8.39. The molecule has 2 unspecified atom stereocenters. The standard InChI is InChI=1S/Na.H7O16P5.H/c;1-17(2,3)13-19(7,8)15-21(11,12)16-20(9,10)14-18(4,5)6;/h;(H,7,8)(H,9,10)(H,11,12)(H2,1,2,3)(H2,4,5,6);/q+1;;-1. The molecule has 0 bridgehead atoms. The molecule has 0 fully saturated rings. The summed E-state index contributed by atoms with van der Waals surface area (Å²) >= 11 is 0. The average Bonchev–Trinajstić information content (AvgIpc) is 1.83. The molecule has 22 heteroatoms. The molecule has 0 aromatic carbocycles. The van der Waals surface area contributed by atoms with Crippen LogP contribution in [0.1, 0.15) is 1.43 Å². The van der Waals surface area contributed by atoms with Crippen molar-refractivity contribution in [1.82, 2.24) is 0 Å². The zero-order valence-corrected chi connectivity index (χ0v) is 16.5. The summed E-state index contributed by atoms with van der Waals surface area (Å²) < 4.78 is 65.6. The van der Waals surface area contributed by atoms with Crippen LogP contribution in [0, 0.1) is 0 Å². The van der Waals surface area contributed by atoms with E-state index in [9.17, 15) is 22.8 Å². The molecule has 16 nitrogen and oxygen atoms in total. The normalized spacial score (nSPS) is 21.0. The molecule has 0 saturated carbocycles. The minimum Gasteiger partial charge on any atom is -1.00 e. The first-order valence-electron chi connectivity index (χ1n) is 3.77. The Morgan fingerprint density at radius 2 is 0.682 bits per heavy atom. The van der Waals surface area contributed by atoms with Crippen molar-refractivity contribution in [3.05, 3.63) is 0 Å². The van der Waals surface area contributed by atoms with E-state index >= 15 is 0 Å². The fourth-order valence-electron chi connectivity index (χ4n) is 0.574. The number of hydrogen-bond donors (Lipinski definition) is 7. The fourth-order valence-corrected chi connectivity index (χ4v) is 5.97. The molecular formula is H8NaO16P5. The van der Waals surface area contributed by atoms with Gasteiger partial charge in [-0.3, -0.25) is 0 Å². The van der Waals surface area contributed by atoms with Gasteiger partial charge < -0.3 is 35.7 Å². The average molecular weight is 442 g/mol. The van der Waals surface area contributed by atoms with Gasteiger partial charge in [0.25, 0.3) is 0 Å². The quantitative estimate of drug-likeness (QED) is 0.143. The summed E-state index contributed by atoms with van der Waals surface area (Å²) in [6.45, 7) is 0. The van der Waals surface area contributed by atoms with Gasteiger partial charge in [0.05, 0.1) is 0 Å². The van der Waals surface area contributed by atoms with E-state index in [1.165, 1.54) is 0 Å². The number of phosphoric acid groups is 5. The van der Waals surface area contributed by atoms with Crippen LogP contribution < -0.4 is 29.6 Å². The predicted octanol–water partition coefficient (Wildman–Crippen LogP) is -3.34. The zero-order valence-electron chi connectivity index (χ0n) is 11.0. The van der Waals surface area contributed by atoms with E-state index in [-0.39, 0.29) is 31.0 Å². The van der Waals surface area contributed by atoms with Crippen molar-refractivity contribution in [2.24, 2.45) is 0 Å². The maximum Gasteiger partial charge on any atom is 1.00 e. The van der Waals surface area contributed by atoms with Gasteiger partial charge in [-0.1, -0.05) is 0 Å². The smallest absolute Gasteiger partial charge is 1.00 e. The number of hydrogen-bond acceptors (Lipinski definition) is 9. The van der Waals surface area contributed by atoms with Crippen LogP contribution in [0.3, 0.4) is 0 Å². The largest absolute Gasteiger partial charge is 1.00 e. The second-order valence-electron chi connectivity index (χ2n) is 2.71. The van der Waals surface area contributed by atoms with Crippen molar-refractivity contribution in [2.45, 2.75) is 0 Å². The summed E-state index contributed by atoms with van der Waals surface area (Å²) in [6, 6.07) is 0. The monoisotopic (exact) mass is 442 g/mol. The van der Waals surface area contributed by atoms with Gasteiger partial charge in [0.15, 0.2) is 0 Å². The van der Waals surface area contributed by atoms with Crippen molar-refractivity contribution in [3.8, 4) is 0 Å². The van der Waals surface area contributed by atoms with Gasteiger partial charge in [-0.05, 0) is 0 Å². The third-order valence-corrected chi connectivity index (χ3v) is 7.49. The minimum atomic E-state index is -6.07. The molecule has 0 aliphatic carbocycles. The van der Waals surface area contributed by atoms with Gasteiger partial charge in [-0.2, -0.15) is 17.2 Å². The Morgan fingerprint density at radius 3 is 0.864 bits per heavy atom. The Balaban J connectivity index is -0.00000200. The van der Waals surface area contributed by atoms with E-state index in [2.05, 4.69) is 17.2 Å². The molecule has 0 radical (unpaired) electrons. The van der Waals surface area contributed by atoms with Crippen molar-refractivity contribution in [1.29, 1.82) is 0 Å². The van der Waals surface area contributed by atoms with E-state index in [1.807, 2.05) is 0 Å². The van der Waals surface area contributed by atoms with Gasteiger partial charge in [0.1, 0.15) is 0 Å². The fraction of sp³-hybridized carbons (Fsp3) is 0. The summed E-state index contributed by atoms with van der Waals surface area (Å²) in [6.07, 6.45) is 0. The Kier molecular flexibility index (Phi) is 9.90. The van der Waals surface area contributed by atoms with E-state index in [4.69, 9.17) is 34.3 Å². The molecule has 130 valence electrons. The van der Waals surface area contributed by atoms with Gasteiger partial charge in [0, 0.05) is 0 Å². The molecule has 0 rings (SSSR count). The molecule has 0 spiro atoms. The van der Waals surface area contributed by atoms with Gasteiger partial charge in [0.2, 0.25) is 0 Å². The molecule has 7 N–H and O–H groups in total. The van der Waals surface area contributed by atoms with Crippen LogP contribution in [-0.2, 0) is 40.1 Å². The van der Waals surface area contributed by atoms with Gasteiger partial charge >= 0.3 is 68.7 Å². The van der Waals surface area contributed by atoms with Crippen molar-refractivity contribution < 1.29 is 105 Å². The molecule has 0 aromatic rings. The van der Waals surface area contributed by atoms with E-state index in [0.717, 1.165) is 0 Å². The molecule has 0 aliphatic heterocycles. The Morgan fingerprint density at radius 1 is 0.500 bits per heavy atom. The summed E-state index contributed by atoms with van der Waals surface area (Å²) in [5.74, 6) is 0. The van der Waals surface area contributed by atoms with E-state index in [1.54, 1.807) is 0 Å². The van der Waals surface area contributed by atoms with Gasteiger partial charge in [-0.25, -0.2) is 22.8 Å². The van der Waals surface area contributed by atoms with E-state index in [0.29, 0.717) is 0 Å². The minimum absolute atomic E-state index is 0. The maximum atomic E-state index is 11.0. The zero-order chi connectivity index (χ0) is 17.3. The number of rotatable bonds is 8. The molecule has 0 amide bonds. The molecule has 0 aromatic heterocycles. The van der Waals surface area contributed by atoms with Crippen molar-refractivity contribution in [3.63, 3.8) is 0 Å². The molecule has 0 saturated heterocycles. The summed E-state index contributed by atoms with van der Waals surface area (Å²) in [4.78, 5) is 58.7. The SMILES string of the molecule is O=P(O)(O)OP(=O)(O)OP(=O)(O)OP(=O)(O)OP(=O)(O)O.[H-].[Na+]. The molecular weight excluding hydrogens is 434 g/mol. The first-order chi connectivity index (χ1) is 8.83. The molecule has 22 heavy (non-hydrogen) atoms. The third kappa shape index (κ3) is 14.1. The third-order valence-electron chi connectivity index (χ3n) is 0.832. The van der Waals surface area contributed by atoms with Crippen LogP contribution in [0.4, 0.5) is 0 Å². The topological polar surface area (TPSA) is 264 Å². The van der Waals surface area contributed by atoms with Crippen LogP contribution >= 0.6 is 39.1 Å². The molecule has 0 heterocycles. The Labute approximate surface area is 144 Å². The maximum absolute atomic E-state index is 11.0. The van der Waals surface area contributed by atoms with Crippen molar-refractivity contribution in [2.75, 3.05) is 0 Å². The molecule has 0 aliphatic rings. The Bertz CT molecular complexity index is 558. The first-order valence-corrected chi connectivity index (χ1v) is 11.3. The first kappa shape index (κ1) is 25.9. The van der Waals surface area contributed by atoms with Crippen molar-refractivity contribution >= 4 is 39.1 Å². The summed E-state index contributed by atoms with van der Waals surface area (Å²) in [5, 5.41) is 0. The summed E-state index contributed by atoms with van der Waals surface area (Å²) in [5.41, 5.74) is 0. The predicted molar refractivity (Wildman–Crippen MR) is 59.0 cm³/mol. The summed E-state index contributed by atoms with van der Waals surface area (Å²) in [7, 11) is -29.3. The van der Waals surface area contributed by atoms with E-state index < -0.39 is 39.1 Å². The van der Waals surface area contributed by atoms with Crippen LogP contribution in [-0.4, -0.2) is 34.3 Å². The van der Waals surface area contributed by atoms with Crippen LogP contribution in [0.15, 0.2) is 0 Å². The van der Waals surface area contributed by atoms with Crippen LogP contribution in [0.2, 0.25) is 0 Å². The second-order valence-corrected chi connectivity index (χ2v) is 10.1.